The third-order valence-corrected chi connectivity index (χ3v) is 5.45. The molecular formula is C26H35N7O6. The van der Waals surface area contributed by atoms with E-state index in [4.69, 9.17) is 21.9 Å². The summed E-state index contributed by atoms with van der Waals surface area (Å²) in [7, 11) is 0. The summed E-state index contributed by atoms with van der Waals surface area (Å²) >= 11 is 0. The van der Waals surface area contributed by atoms with Crippen molar-refractivity contribution >= 4 is 29.7 Å². The van der Waals surface area contributed by atoms with Crippen molar-refractivity contribution < 1.29 is 29.0 Å². The predicted molar refractivity (Wildman–Crippen MR) is 144 cm³/mol. The molecule has 13 nitrogen and oxygen atoms in total. The SMILES string of the molecule is NCC(=O)NCC(=O)N[C@@H](Cc1ccc(OCc2ccccc2)cc1)C(=O)N[C@@H](CCCN=C(N)N)C(=O)O. The summed E-state index contributed by atoms with van der Waals surface area (Å²) in [6, 6.07) is 14.3. The van der Waals surface area contributed by atoms with Gasteiger partial charge in [0, 0.05) is 13.0 Å². The molecule has 0 fully saturated rings. The largest absolute Gasteiger partial charge is 0.489 e. The summed E-state index contributed by atoms with van der Waals surface area (Å²) in [5.41, 5.74) is 17.5. The summed E-state index contributed by atoms with van der Waals surface area (Å²) < 4.78 is 5.78. The van der Waals surface area contributed by atoms with Crippen LogP contribution in [-0.4, -0.2) is 66.5 Å². The lowest BCUT2D eigenvalue weighted by atomic mass is 10.0. The highest BCUT2D eigenvalue weighted by Crippen LogP contribution is 2.16. The van der Waals surface area contributed by atoms with Gasteiger partial charge in [0.2, 0.25) is 17.7 Å². The van der Waals surface area contributed by atoms with E-state index >= 15 is 0 Å². The van der Waals surface area contributed by atoms with Crippen LogP contribution in [0.3, 0.4) is 0 Å². The third kappa shape index (κ3) is 12.0. The first-order valence-electron chi connectivity index (χ1n) is 12.3. The van der Waals surface area contributed by atoms with E-state index in [-0.39, 0.29) is 31.9 Å². The zero-order valence-electron chi connectivity index (χ0n) is 21.5. The molecule has 0 aromatic heterocycles. The Balaban J connectivity index is 2.07. The maximum Gasteiger partial charge on any atom is 0.326 e. The molecule has 0 saturated heterocycles. The third-order valence-electron chi connectivity index (χ3n) is 5.45. The predicted octanol–water partition coefficient (Wildman–Crippen LogP) is -1.01. The Morgan fingerprint density at radius 2 is 1.59 bits per heavy atom. The number of nitrogens with one attached hydrogen (secondary N) is 3. The lowest BCUT2D eigenvalue weighted by molar-refractivity contribution is -0.142. The van der Waals surface area contributed by atoms with Crippen LogP contribution in [-0.2, 0) is 32.2 Å². The number of carboxylic acid groups (broad SMARTS) is 1. The van der Waals surface area contributed by atoms with E-state index in [1.54, 1.807) is 24.3 Å². The highest BCUT2D eigenvalue weighted by Gasteiger charge is 2.26. The minimum atomic E-state index is -1.24. The molecule has 210 valence electrons. The van der Waals surface area contributed by atoms with E-state index in [1.807, 2.05) is 30.3 Å². The molecule has 0 heterocycles. The molecule has 0 bridgehead atoms. The van der Waals surface area contributed by atoms with Gasteiger partial charge in [0.05, 0.1) is 13.1 Å². The van der Waals surface area contributed by atoms with Crippen molar-refractivity contribution in [1.29, 1.82) is 0 Å². The number of carboxylic acids is 1. The van der Waals surface area contributed by atoms with Crippen LogP contribution in [0.5, 0.6) is 5.75 Å². The Labute approximate surface area is 226 Å². The van der Waals surface area contributed by atoms with Crippen LogP contribution in [0.25, 0.3) is 0 Å². The quantitative estimate of drug-likeness (QED) is 0.0784. The second-order valence-electron chi connectivity index (χ2n) is 8.57. The topological polar surface area (TPSA) is 224 Å². The minimum absolute atomic E-state index is 0.0573. The Morgan fingerprint density at radius 3 is 2.21 bits per heavy atom. The number of hydrogen-bond acceptors (Lipinski definition) is 7. The zero-order chi connectivity index (χ0) is 28.6. The van der Waals surface area contributed by atoms with Gasteiger partial charge in [0.15, 0.2) is 5.96 Å². The number of nitrogens with two attached hydrogens (primary N) is 3. The van der Waals surface area contributed by atoms with Crippen LogP contribution >= 0.6 is 0 Å². The zero-order valence-corrected chi connectivity index (χ0v) is 21.5. The highest BCUT2D eigenvalue weighted by atomic mass is 16.5. The van der Waals surface area contributed by atoms with Crippen LogP contribution < -0.4 is 37.9 Å². The average Bonchev–Trinajstić information content (AvgIpc) is 2.92. The van der Waals surface area contributed by atoms with Crippen LogP contribution in [0.2, 0.25) is 0 Å². The van der Waals surface area contributed by atoms with Crippen LogP contribution in [0.15, 0.2) is 59.6 Å². The number of amides is 3. The summed E-state index contributed by atoms with van der Waals surface area (Å²) in [5, 5.41) is 16.9. The van der Waals surface area contributed by atoms with Crippen molar-refractivity contribution in [3.63, 3.8) is 0 Å². The number of ether oxygens (including phenoxy) is 1. The first-order valence-corrected chi connectivity index (χ1v) is 12.3. The van der Waals surface area contributed by atoms with Crippen molar-refractivity contribution in [1.82, 2.24) is 16.0 Å². The van der Waals surface area contributed by atoms with Gasteiger partial charge in [-0.15, -0.1) is 0 Å². The number of benzene rings is 2. The number of hydrogen-bond donors (Lipinski definition) is 7. The van der Waals surface area contributed by atoms with E-state index in [0.717, 1.165) is 5.56 Å². The number of rotatable bonds is 16. The molecule has 0 aliphatic carbocycles. The van der Waals surface area contributed by atoms with Crippen LogP contribution in [0, 0.1) is 0 Å². The van der Waals surface area contributed by atoms with Gasteiger partial charge in [0.1, 0.15) is 24.4 Å². The lowest BCUT2D eigenvalue weighted by Crippen LogP contribution is -2.54. The van der Waals surface area contributed by atoms with Crippen molar-refractivity contribution in [3.05, 3.63) is 65.7 Å². The van der Waals surface area contributed by atoms with E-state index in [1.165, 1.54) is 0 Å². The Morgan fingerprint density at radius 1 is 0.897 bits per heavy atom. The monoisotopic (exact) mass is 541 g/mol. The molecule has 39 heavy (non-hydrogen) atoms. The number of carbonyl (C=O) groups is 4. The van der Waals surface area contributed by atoms with Crippen LogP contribution in [0.4, 0.5) is 0 Å². The lowest BCUT2D eigenvalue weighted by Gasteiger charge is -2.22. The van der Waals surface area contributed by atoms with Gasteiger partial charge >= 0.3 is 5.97 Å². The molecule has 2 aromatic rings. The number of nitrogens with zero attached hydrogens (tertiary/aromatic N) is 1. The Hall–Kier alpha value is -4.65. The van der Waals surface area contributed by atoms with Gasteiger partial charge in [-0.25, -0.2) is 4.79 Å². The fraction of sp³-hybridized carbons (Fsp3) is 0.346. The molecular weight excluding hydrogens is 506 g/mol. The normalized spacial score (nSPS) is 11.9. The van der Waals surface area contributed by atoms with Crippen molar-refractivity contribution in [3.8, 4) is 5.75 Å². The number of aliphatic imine (C=N–C) groups is 1. The minimum Gasteiger partial charge on any atom is -0.489 e. The molecule has 0 radical (unpaired) electrons. The Kier molecular flexibility index (Phi) is 12.7. The smallest absolute Gasteiger partial charge is 0.326 e. The second kappa shape index (κ2) is 16.2. The van der Waals surface area contributed by atoms with Gasteiger partial charge in [-0.05, 0) is 36.1 Å². The average molecular weight is 542 g/mol. The van der Waals surface area contributed by atoms with Crippen molar-refractivity contribution in [2.75, 3.05) is 19.6 Å². The fourth-order valence-electron chi connectivity index (χ4n) is 3.44. The number of guanidine groups is 1. The first kappa shape index (κ1) is 30.6. The molecule has 2 rings (SSSR count). The standard InChI is InChI=1S/C26H35N7O6/c27-14-22(34)31-15-23(35)32-21(24(36)33-20(25(37)38)7-4-12-30-26(28)29)13-17-8-10-19(11-9-17)39-16-18-5-2-1-3-6-18/h1-3,5-6,8-11,20-21H,4,7,12-16,27H2,(H,31,34)(H,32,35)(H,33,36)(H,37,38)(H4,28,29,30)/t20-,21-/m0/s1. The van der Waals surface area contributed by atoms with E-state index in [0.29, 0.717) is 24.3 Å². The molecule has 0 unspecified atom stereocenters. The molecule has 0 aliphatic heterocycles. The summed E-state index contributed by atoms with van der Waals surface area (Å²) in [6.07, 6.45) is 0.433. The van der Waals surface area contributed by atoms with E-state index in [2.05, 4.69) is 20.9 Å². The van der Waals surface area contributed by atoms with Crippen molar-refractivity contribution in [2.24, 2.45) is 22.2 Å². The van der Waals surface area contributed by atoms with Crippen molar-refractivity contribution in [2.45, 2.75) is 38.0 Å². The summed E-state index contributed by atoms with van der Waals surface area (Å²) in [5.74, 6) is -2.63. The molecule has 2 aromatic carbocycles. The number of carbonyl (C=O) groups excluding carboxylic acids is 3. The van der Waals surface area contributed by atoms with Gasteiger partial charge < -0.3 is 43.0 Å². The fourth-order valence-corrected chi connectivity index (χ4v) is 3.44. The first-order chi connectivity index (χ1) is 18.7. The Bertz CT molecular complexity index is 1120. The maximum absolute atomic E-state index is 13.1. The molecule has 10 N–H and O–H groups in total. The van der Waals surface area contributed by atoms with Gasteiger partial charge in [-0.3, -0.25) is 19.4 Å². The molecule has 0 spiro atoms. The molecule has 3 amide bonds. The second-order valence-corrected chi connectivity index (χ2v) is 8.57. The summed E-state index contributed by atoms with van der Waals surface area (Å²) in [6.45, 7) is -0.111. The van der Waals surface area contributed by atoms with Crippen LogP contribution in [0.1, 0.15) is 24.0 Å². The molecule has 0 aliphatic rings. The maximum atomic E-state index is 13.1. The molecule has 13 heteroatoms. The summed E-state index contributed by atoms with van der Waals surface area (Å²) in [4.78, 5) is 52.4. The molecule has 2 atom stereocenters. The highest BCUT2D eigenvalue weighted by molar-refractivity contribution is 5.92. The molecule has 0 saturated carbocycles. The van der Waals surface area contributed by atoms with Gasteiger partial charge in [-0.1, -0.05) is 42.5 Å². The van der Waals surface area contributed by atoms with Gasteiger partial charge in [-0.2, -0.15) is 0 Å². The number of aliphatic carboxylic acids is 1. The van der Waals surface area contributed by atoms with Gasteiger partial charge in [0.25, 0.3) is 0 Å². The van der Waals surface area contributed by atoms with E-state index in [9.17, 15) is 24.3 Å². The van der Waals surface area contributed by atoms with E-state index < -0.39 is 42.3 Å².